The molecule has 1 saturated heterocycles. The van der Waals surface area contributed by atoms with Crippen LogP contribution in [0, 0.1) is 0 Å². The number of H-pyrrole nitrogens is 1. The average molecular weight is 205 g/mol. The molecular weight excluding hydrogens is 188 g/mol. The SMILES string of the molecule is CB1N(C)CN(c2ccn[nH]2)B(C)N1C. The highest BCUT2D eigenvalue weighted by molar-refractivity contribution is 6.73. The summed E-state index contributed by atoms with van der Waals surface area (Å²) in [4.78, 5) is 4.61. The Labute approximate surface area is 91.7 Å². The summed E-state index contributed by atoms with van der Waals surface area (Å²) in [5.74, 6) is 1.08. The van der Waals surface area contributed by atoms with E-state index in [1.165, 1.54) is 0 Å². The van der Waals surface area contributed by atoms with Crippen molar-refractivity contribution >= 4 is 19.8 Å². The molecule has 1 aromatic heterocycles. The number of hydrogen-bond acceptors (Lipinski definition) is 4. The summed E-state index contributed by atoms with van der Waals surface area (Å²) >= 11 is 0. The smallest absolute Gasteiger partial charge is 0.331 e. The summed E-state index contributed by atoms with van der Waals surface area (Å²) in [7, 11) is 4.28. The van der Waals surface area contributed by atoms with Gasteiger partial charge in [0.25, 0.3) is 6.98 Å². The minimum atomic E-state index is 0.386. The molecule has 1 N–H and O–H groups in total. The van der Waals surface area contributed by atoms with Gasteiger partial charge in [0.2, 0.25) is 0 Å². The molecule has 1 fully saturated rings. The van der Waals surface area contributed by atoms with Gasteiger partial charge in [-0.15, -0.1) is 0 Å². The Bertz CT molecular complexity index is 317. The van der Waals surface area contributed by atoms with Gasteiger partial charge in [-0.1, -0.05) is 13.6 Å². The first kappa shape index (κ1) is 10.6. The van der Waals surface area contributed by atoms with Gasteiger partial charge in [-0.3, -0.25) is 5.10 Å². The number of anilines is 1. The third-order valence-corrected chi connectivity index (χ3v) is 3.44. The van der Waals surface area contributed by atoms with Crippen LogP contribution in [0.25, 0.3) is 0 Å². The van der Waals surface area contributed by atoms with E-state index in [0.717, 1.165) is 12.5 Å². The normalized spacial score (nSPS) is 20.1. The second-order valence-corrected chi connectivity index (χ2v) is 4.24. The van der Waals surface area contributed by atoms with Crippen LogP contribution in [0.2, 0.25) is 13.6 Å². The van der Waals surface area contributed by atoms with E-state index < -0.39 is 0 Å². The molecule has 80 valence electrons. The van der Waals surface area contributed by atoms with Gasteiger partial charge in [-0.2, -0.15) is 5.10 Å². The van der Waals surface area contributed by atoms with E-state index in [1.807, 2.05) is 6.07 Å². The number of aromatic nitrogens is 2. The van der Waals surface area contributed by atoms with Crippen molar-refractivity contribution in [2.24, 2.45) is 0 Å². The molecule has 0 radical (unpaired) electrons. The molecule has 15 heavy (non-hydrogen) atoms. The maximum atomic E-state index is 4.00. The summed E-state index contributed by atoms with van der Waals surface area (Å²) in [6, 6.07) is 2.01. The van der Waals surface area contributed by atoms with E-state index in [4.69, 9.17) is 0 Å². The molecule has 0 aromatic carbocycles. The van der Waals surface area contributed by atoms with Gasteiger partial charge < -0.3 is 14.3 Å². The summed E-state index contributed by atoms with van der Waals surface area (Å²) in [6.07, 6.45) is 1.79. The van der Waals surface area contributed by atoms with E-state index in [2.05, 4.69) is 52.3 Å². The van der Waals surface area contributed by atoms with Crippen molar-refractivity contribution in [3.8, 4) is 0 Å². The van der Waals surface area contributed by atoms with Crippen molar-refractivity contribution in [1.82, 2.24) is 19.7 Å². The maximum Gasteiger partial charge on any atom is 0.331 e. The van der Waals surface area contributed by atoms with E-state index in [1.54, 1.807) is 6.20 Å². The summed E-state index contributed by atoms with van der Waals surface area (Å²) in [6.45, 7) is 6.22. The monoisotopic (exact) mass is 205 g/mol. The minimum Gasteiger partial charge on any atom is -0.375 e. The zero-order chi connectivity index (χ0) is 11.0. The third-order valence-electron chi connectivity index (χ3n) is 3.44. The fraction of sp³-hybridized carbons (Fsp3) is 0.625. The summed E-state index contributed by atoms with van der Waals surface area (Å²) < 4.78 is 2.34. The Balaban J connectivity index is 2.20. The van der Waals surface area contributed by atoms with Gasteiger partial charge >= 0.3 is 6.98 Å². The molecule has 2 rings (SSSR count). The predicted molar refractivity (Wildman–Crippen MR) is 64.7 cm³/mol. The van der Waals surface area contributed by atoms with Crippen LogP contribution in [0.4, 0.5) is 5.82 Å². The minimum absolute atomic E-state index is 0.386. The lowest BCUT2D eigenvalue weighted by molar-refractivity contribution is 0.467. The largest absolute Gasteiger partial charge is 0.375 e. The molecule has 1 aromatic rings. The lowest BCUT2D eigenvalue weighted by atomic mass is 9.58. The first-order valence-electron chi connectivity index (χ1n) is 5.29. The van der Waals surface area contributed by atoms with E-state index in [0.29, 0.717) is 14.0 Å². The van der Waals surface area contributed by atoms with Crippen molar-refractivity contribution in [3.05, 3.63) is 12.3 Å². The molecule has 7 heteroatoms. The topological polar surface area (TPSA) is 38.4 Å². The van der Waals surface area contributed by atoms with Gasteiger partial charge in [-0.05, 0) is 20.2 Å². The lowest BCUT2D eigenvalue weighted by Crippen LogP contribution is -2.67. The number of hydrogen-bond donors (Lipinski definition) is 1. The molecule has 0 atom stereocenters. The molecule has 0 amide bonds. The average Bonchev–Trinajstić information content (AvgIpc) is 2.73. The lowest BCUT2D eigenvalue weighted by Gasteiger charge is -2.46. The predicted octanol–water partition coefficient (Wildman–Crippen LogP) is 0.287. The van der Waals surface area contributed by atoms with Crippen LogP contribution in [0.15, 0.2) is 12.3 Å². The number of rotatable bonds is 1. The second kappa shape index (κ2) is 3.90. The van der Waals surface area contributed by atoms with Gasteiger partial charge in [0.05, 0.1) is 12.9 Å². The zero-order valence-electron chi connectivity index (χ0n) is 9.81. The molecule has 1 aliphatic heterocycles. The van der Waals surface area contributed by atoms with Crippen molar-refractivity contribution in [1.29, 1.82) is 0 Å². The second-order valence-electron chi connectivity index (χ2n) is 4.24. The van der Waals surface area contributed by atoms with Crippen LogP contribution >= 0.6 is 0 Å². The quantitative estimate of drug-likeness (QED) is 0.668. The number of aromatic amines is 1. The van der Waals surface area contributed by atoms with Crippen LogP contribution in [-0.2, 0) is 0 Å². The molecule has 0 saturated carbocycles. The molecule has 0 aliphatic carbocycles. The van der Waals surface area contributed by atoms with Crippen molar-refractivity contribution in [3.63, 3.8) is 0 Å². The third kappa shape index (κ3) is 1.77. The van der Waals surface area contributed by atoms with Crippen LogP contribution in [-0.4, -0.2) is 54.5 Å². The fourth-order valence-corrected chi connectivity index (χ4v) is 2.01. The molecular formula is C8H17B2N5. The van der Waals surface area contributed by atoms with Crippen molar-refractivity contribution in [2.45, 2.75) is 13.6 Å². The van der Waals surface area contributed by atoms with Crippen LogP contribution in [0.3, 0.4) is 0 Å². The van der Waals surface area contributed by atoms with E-state index >= 15 is 0 Å². The van der Waals surface area contributed by atoms with Crippen molar-refractivity contribution in [2.75, 3.05) is 25.6 Å². The summed E-state index contributed by atoms with van der Waals surface area (Å²) in [5, 5.41) is 7.01. The Kier molecular flexibility index (Phi) is 2.75. The highest BCUT2D eigenvalue weighted by Crippen LogP contribution is 2.18. The van der Waals surface area contributed by atoms with Crippen LogP contribution < -0.4 is 4.81 Å². The zero-order valence-corrected chi connectivity index (χ0v) is 9.81. The van der Waals surface area contributed by atoms with Crippen molar-refractivity contribution < 1.29 is 0 Å². The highest BCUT2D eigenvalue weighted by atomic mass is 15.4. The molecule has 5 nitrogen and oxygen atoms in total. The van der Waals surface area contributed by atoms with E-state index in [9.17, 15) is 0 Å². The molecule has 0 spiro atoms. The van der Waals surface area contributed by atoms with Gasteiger partial charge in [0.15, 0.2) is 0 Å². The molecule has 1 aliphatic rings. The molecule has 2 heterocycles. The Morgan fingerprint density at radius 3 is 2.67 bits per heavy atom. The van der Waals surface area contributed by atoms with Crippen LogP contribution in [0.1, 0.15) is 0 Å². The molecule has 0 unspecified atom stereocenters. The first-order chi connectivity index (χ1) is 7.11. The Hall–Kier alpha value is -0.940. The van der Waals surface area contributed by atoms with Gasteiger partial charge in [0.1, 0.15) is 5.82 Å². The van der Waals surface area contributed by atoms with Gasteiger partial charge in [-0.25, -0.2) is 0 Å². The van der Waals surface area contributed by atoms with E-state index in [-0.39, 0.29) is 0 Å². The fourth-order valence-electron chi connectivity index (χ4n) is 2.01. The highest BCUT2D eigenvalue weighted by Gasteiger charge is 2.37. The Morgan fingerprint density at radius 2 is 2.07 bits per heavy atom. The Morgan fingerprint density at radius 1 is 1.33 bits per heavy atom. The van der Waals surface area contributed by atoms with Gasteiger partial charge in [0, 0.05) is 0 Å². The summed E-state index contributed by atoms with van der Waals surface area (Å²) in [5.41, 5.74) is 0. The van der Waals surface area contributed by atoms with Crippen LogP contribution in [0.5, 0.6) is 0 Å². The number of nitrogens with one attached hydrogen (secondary N) is 1. The standard InChI is InChI=1S/C8H17B2N5/c1-9-13(3)7-15(10(2)14(9)4)8-5-6-11-12-8/h5-6H,7H2,1-4H3,(H,11,12). The number of nitrogens with zero attached hydrogens (tertiary/aromatic N) is 4. The maximum absolute atomic E-state index is 4.00. The first-order valence-corrected chi connectivity index (χ1v) is 5.29. The molecule has 0 bridgehead atoms.